The Morgan fingerprint density at radius 2 is 1.17 bits per heavy atom. The molecule has 0 spiro atoms. The van der Waals surface area contributed by atoms with Gasteiger partial charge < -0.3 is 24.4 Å². The fourth-order valence-corrected chi connectivity index (χ4v) is 5.79. The van der Waals surface area contributed by atoms with Crippen molar-refractivity contribution in [3.05, 3.63) is 72.9 Å². The molecule has 0 heterocycles. The van der Waals surface area contributed by atoms with Crippen LogP contribution >= 0.6 is 7.82 Å². The molecule has 2 atom stereocenters. The van der Waals surface area contributed by atoms with Crippen molar-refractivity contribution in [1.82, 2.24) is 0 Å². The van der Waals surface area contributed by atoms with Crippen LogP contribution in [0.5, 0.6) is 0 Å². The second-order valence-electron chi connectivity index (χ2n) is 14.3. The minimum absolute atomic E-state index is 0.116. The highest BCUT2D eigenvalue weighted by atomic mass is 31.2. The Hall–Kier alpha value is -2.55. The number of unbranched alkanes of at least 4 members (excludes halogenated alkanes) is 12. The van der Waals surface area contributed by atoms with Gasteiger partial charge in [0.15, 0.2) is 6.10 Å². The molecule has 10 heteroatoms. The second kappa shape index (κ2) is 37.4. The molecule has 0 aromatic carbocycles. The van der Waals surface area contributed by atoms with Gasteiger partial charge in [-0.2, -0.15) is 0 Å². The number of phosphoric acid groups is 1. The van der Waals surface area contributed by atoms with Crippen LogP contribution < -0.4 is 0 Å². The van der Waals surface area contributed by atoms with Crippen molar-refractivity contribution >= 4 is 19.8 Å². The molecule has 0 fully saturated rings. The van der Waals surface area contributed by atoms with Crippen LogP contribution in [0, 0.1) is 5.92 Å². The van der Waals surface area contributed by atoms with Crippen molar-refractivity contribution < 1.29 is 43.0 Å². The minimum Gasteiger partial charge on any atom is -0.462 e. The van der Waals surface area contributed by atoms with Gasteiger partial charge >= 0.3 is 19.8 Å². The van der Waals surface area contributed by atoms with Crippen molar-refractivity contribution in [3.63, 3.8) is 0 Å². The summed E-state index contributed by atoms with van der Waals surface area (Å²) in [6, 6.07) is 0. The van der Waals surface area contributed by atoms with Crippen molar-refractivity contribution in [3.8, 4) is 0 Å². The van der Waals surface area contributed by atoms with E-state index in [9.17, 15) is 19.3 Å². The van der Waals surface area contributed by atoms with Crippen LogP contribution in [-0.4, -0.2) is 52.3 Å². The van der Waals surface area contributed by atoms with Crippen molar-refractivity contribution in [2.75, 3.05) is 13.2 Å². The average molecular weight is 779 g/mol. The first-order valence-corrected chi connectivity index (χ1v) is 22.2. The van der Waals surface area contributed by atoms with E-state index in [-0.39, 0.29) is 19.4 Å². The van der Waals surface area contributed by atoms with E-state index < -0.39 is 38.6 Å². The van der Waals surface area contributed by atoms with Crippen molar-refractivity contribution in [1.29, 1.82) is 0 Å². The first-order valence-electron chi connectivity index (χ1n) is 20.7. The van der Waals surface area contributed by atoms with Crippen LogP contribution in [0.4, 0.5) is 0 Å². The summed E-state index contributed by atoms with van der Waals surface area (Å²) < 4.78 is 26.3. The number of aliphatic hydroxyl groups is 1. The largest absolute Gasteiger partial charge is 0.469 e. The number of carbonyl (C=O) groups excluding carboxylic acids is 2. The molecule has 0 rings (SSSR count). The molecule has 0 aliphatic heterocycles. The van der Waals surface area contributed by atoms with E-state index in [0.29, 0.717) is 25.7 Å². The second-order valence-corrected chi connectivity index (χ2v) is 15.5. The van der Waals surface area contributed by atoms with Crippen LogP contribution in [0.15, 0.2) is 72.9 Å². The molecule has 0 aromatic rings. The van der Waals surface area contributed by atoms with Gasteiger partial charge in [0.05, 0.1) is 12.7 Å². The van der Waals surface area contributed by atoms with Crippen molar-refractivity contribution in [2.24, 2.45) is 5.92 Å². The number of allylic oxidation sites excluding steroid dienone is 10. The maximum absolute atomic E-state index is 12.4. The number of phosphoric ester groups is 1. The Morgan fingerprint density at radius 3 is 1.76 bits per heavy atom. The maximum atomic E-state index is 12.4. The predicted octanol–water partition coefficient (Wildman–Crippen LogP) is 11.5. The molecule has 0 aliphatic rings. The third kappa shape index (κ3) is 40.6. The van der Waals surface area contributed by atoms with Gasteiger partial charge in [-0.1, -0.05) is 177 Å². The summed E-state index contributed by atoms with van der Waals surface area (Å²) in [5, 5.41) is 9.97. The molecule has 3 N–H and O–H groups in total. The van der Waals surface area contributed by atoms with Gasteiger partial charge in [-0.25, -0.2) is 4.57 Å². The maximum Gasteiger partial charge on any atom is 0.469 e. The predicted molar refractivity (Wildman–Crippen MR) is 222 cm³/mol. The van der Waals surface area contributed by atoms with E-state index in [1.807, 2.05) is 48.6 Å². The Balaban J connectivity index is 4.12. The number of ether oxygens (including phenoxy) is 2. The van der Waals surface area contributed by atoms with E-state index in [4.69, 9.17) is 19.3 Å². The van der Waals surface area contributed by atoms with Crippen LogP contribution in [0.25, 0.3) is 0 Å². The Morgan fingerprint density at radius 1 is 0.630 bits per heavy atom. The molecule has 0 aliphatic carbocycles. The van der Waals surface area contributed by atoms with Crippen LogP contribution in [-0.2, 0) is 28.2 Å². The van der Waals surface area contributed by atoms with Gasteiger partial charge in [-0.3, -0.25) is 14.1 Å². The van der Waals surface area contributed by atoms with Gasteiger partial charge in [0, 0.05) is 12.8 Å². The summed E-state index contributed by atoms with van der Waals surface area (Å²) in [5.41, 5.74) is 0. The van der Waals surface area contributed by atoms with Gasteiger partial charge in [0.1, 0.15) is 6.61 Å². The standard InChI is InChI=1S/C44H75O9P/c1-4-5-6-7-24-29-34-41(45)35-30-25-20-16-13-14-17-21-26-31-36-43(46)51-38-42(39-52-54(48,49)50)53-44(47)37-32-27-22-18-12-10-8-9-11-15-19-23-28-33-40(2)3/h5-6,13-14,20-21,24-26,29-30,35,40-42,45H,4,7-12,15-19,22-23,27-28,31-34,36-39H2,1-3H3,(H2,48,49,50)/b6-5-,14-13-,25-20-,26-21-,29-24-,35-30+/t41?,42-/m1/s1. The van der Waals surface area contributed by atoms with E-state index in [1.54, 1.807) is 6.08 Å². The highest BCUT2D eigenvalue weighted by Gasteiger charge is 2.22. The number of aliphatic hydroxyl groups excluding tert-OH is 1. The third-order valence-electron chi connectivity index (χ3n) is 8.51. The van der Waals surface area contributed by atoms with E-state index in [2.05, 4.69) is 43.5 Å². The summed E-state index contributed by atoms with van der Waals surface area (Å²) in [5.74, 6) is -0.200. The molecule has 54 heavy (non-hydrogen) atoms. The Bertz CT molecular complexity index is 1130. The Kier molecular flexibility index (Phi) is 35.6. The molecular formula is C44H75O9P. The zero-order valence-corrected chi connectivity index (χ0v) is 34.8. The minimum atomic E-state index is -4.78. The quantitative estimate of drug-likeness (QED) is 0.0186. The molecule has 310 valence electrons. The lowest BCUT2D eigenvalue weighted by atomic mass is 10.0. The van der Waals surface area contributed by atoms with Crippen LogP contribution in [0.1, 0.15) is 162 Å². The molecule has 0 saturated heterocycles. The monoisotopic (exact) mass is 779 g/mol. The topological polar surface area (TPSA) is 140 Å². The fraction of sp³-hybridized carbons (Fsp3) is 0.682. The first kappa shape index (κ1) is 51.5. The lowest BCUT2D eigenvalue weighted by molar-refractivity contribution is -0.161. The summed E-state index contributed by atoms with van der Waals surface area (Å²) >= 11 is 0. The number of esters is 2. The average Bonchev–Trinajstić information content (AvgIpc) is 3.12. The van der Waals surface area contributed by atoms with Crippen molar-refractivity contribution in [2.45, 2.75) is 174 Å². The summed E-state index contributed by atoms with van der Waals surface area (Å²) in [6.45, 7) is 5.76. The van der Waals surface area contributed by atoms with Gasteiger partial charge in [0.25, 0.3) is 0 Å². The van der Waals surface area contributed by atoms with E-state index in [1.165, 1.54) is 64.2 Å². The molecular weight excluding hydrogens is 703 g/mol. The van der Waals surface area contributed by atoms with Gasteiger partial charge in [-0.15, -0.1) is 0 Å². The SMILES string of the molecule is CC/C=C\C/C=C\CC(O)/C=C/C=C\C/C=C\C/C=C\CCC(=O)OC[C@H](COP(=O)(O)O)OC(=O)CCCCCCCCCCCCCCCC(C)C. The summed E-state index contributed by atoms with van der Waals surface area (Å²) in [7, 11) is -4.78. The number of hydrogen-bond donors (Lipinski definition) is 3. The summed E-state index contributed by atoms with van der Waals surface area (Å²) in [4.78, 5) is 42.8. The number of carbonyl (C=O) groups is 2. The molecule has 0 bridgehead atoms. The third-order valence-corrected chi connectivity index (χ3v) is 9.00. The van der Waals surface area contributed by atoms with Gasteiger partial charge in [0.2, 0.25) is 0 Å². The van der Waals surface area contributed by atoms with Crippen LogP contribution in [0.3, 0.4) is 0 Å². The Labute approximate surface area is 328 Å². The van der Waals surface area contributed by atoms with Gasteiger partial charge in [-0.05, 0) is 50.9 Å². The number of hydrogen-bond acceptors (Lipinski definition) is 7. The lowest BCUT2D eigenvalue weighted by Crippen LogP contribution is -2.29. The van der Waals surface area contributed by atoms with E-state index >= 15 is 0 Å². The number of rotatable bonds is 36. The fourth-order valence-electron chi connectivity index (χ4n) is 5.43. The zero-order valence-electron chi connectivity index (χ0n) is 33.9. The lowest BCUT2D eigenvalue weighted by Gasteiger charge is -2.18. The molecule has 0 radical (unpaired) electrons. The molecule has 0 amide bonds. The summed E-state index contributed by atoms with van der Waals surface area (Å²) in [6.07, 6.45) is 43.8. The zero-order chi connectivity index (χ0) is 40.0. The first-order chi connectivity index (χ1) is 26.0. The van der Waals surface area contributed by atoms with Crippen LogP contribution in [0.2, 0.25) is 0 Å². The smallest absolute Gasteiger partial charge is 0.462 e. The molecule has 9 nitrogen and oxygen atoms in total. The highest BCUT2D eigenvalue weighted by molar-refractivity contribution is 7.46. The normalized spacial score (nSPS) is 13.9. The van der Waals surface area contributed by atoms with E-state index in [0.717, 1.165) is 44.4 Å². The molecule has 0 aromatic heterocycles. The molecule has 0 saturated carbocycles. The highest BCUT2D eigenvalue weighted by Crippen LogP contribution is 2.36. The molecule has 1 unspecified atom stereocenters.